The van der Waals surface area contributed by atoms with Gasteiger partial charge < -0.3 is 11.1 Å². The molecule has 4 heteroatoms. The summed E-state index contributed by atoms with van der Waals surface area (Å²) < 4.78 is 0. The standard InChI is InChI=1S/C14H15N3O/c1-10-2-4-11(5-3-10)8-14(18)17-13-9-12(15)6-7-16-13/h2-7,9H,8H2,1H3,(H3,15,16,17,18). The number of nitrogens with zero attached hydrogens (tertiary/aromatic N) is 1. The molecule has 3 N–H and O–H groups in total. The Labute approximate surface area is 106 Å². The van der Waals surface area contributed by atoms with E-state index in [4.69, 9.17) is 5.73 Å². The quantitative estimate of drug-likeness (QED) is 0.865. The van der Waals surface area contributed by atoms with Crippen molar-refractivity contribution in [2.75, 3.05) is 11.1 Å². The van der Waals surface area contributed by atoms with E-state index < -0.39 is 0 Å². The average Bonchev–Trinajstić information content (AvgIpc) is 2.32. The number of anilines is 2. The Bertz CT molecular complexity index is 549. The second-order valence-corrected chi connectivity index (χ2v) is 4.18. The zero-order valence-electron chi connectivity index (χ0n) is 10.2. The van der Waals surface area contributed by atoms with E-state index >= 15 is 0 Å². The van der Waals surface area contributed by atoms with Crippen molar-refractivity contribution in [2.24, 2.45) is 0 Å². The van der Waals surface area contributed by atoms with Crippen LogP contribution in [0, 0.1) is 6.92 Å². The van der Waals surface area contributed by atoms with Crippen LogP contribution in [0.2, 0.25) is 0 Å². The van der Waals surface area contributed by atoms with Crippen molar-refractivity contribution in [1.29, 1.82) is 0 Å². The van der Waals surface area contributed by atoms with Crippen molar-refractivity contribution in [3.05, 3.63) is 53.7 Å². The van der Waals surface area contributed by atoms with Gasteiger partial charge in [-0.25, -0.2) is 4.98 Å². The molecule has 0 saturated heterocycles. The van der Waals surface area contributed by atoms with Gasteiger partial charge >= 0.3 is 0 Å². The highest BCUT2D eigenvalue weighted by Gasteiger charge is 2.04. The molecule has 0 saturated carbocycles. The molecule has 1 amide bonds. The van der Waals surface area contributed by atoms with Crippen LogP contribution in [-0.4, -0.2) is 10.9 Å². The van der Waals surface area contributed by atoms with Crippen molar-refractivity contribution < 1.29 is 4.79 Å². The van der Waals surface area contributed by atoms with Gasteiger partial charge in [0.2, 0.25) is 5.91 Å². The normalized spacial score (nSPS) is 10.1. The van der Waals surface area contributed by atoms with Crippen molar-refractivity contribution in [1.82, 2.24) is 4.98 Å². The largest absolute Gasteiger partial charge is 0.399 e. The van der Waals surface area contributed by atoms with Gasteiger partial charge in [-0.2, -0.15) is 0 Å². The maximum Gasteiger partial charge on any atom is 0.229 e. The number of carbonyl (C=O) groups is 1. The Morgan fingerprint density at radius 2 is 2.00 bits per heavy atom. The Kier molecular flexibility index (Phi) is 3.57. The number of pyridine rings is 1. The molecular formula is C14H15N3O. The fraction of sp³-hybridized carbons (Fsp3) is 0.143. The number of nitrogens with two attached hydrogens (primary N) is 1. The summed E-state index contributed by atoms with van der Waals surface area (Å²) >= 11 is 0. The molecule has 0 atom stereocenters. The van der Waals surface area contributed by atoms with E-state index in [1.807, 2.05) is 31.2 Å². The summed E-state index contributed by atoms with van der Waals surface area (Å²) in [6.07, 6.45) is 1.90. The first-order valence-corrected chi connectivity index (χ1v) is 5.70. The first-order valence-electron chi connectivity index (χ1n) is 5.70. The van der Waals surface area contributed by atoms with Gasteiger partial charge in [0.1, 0.15) is 5.82 Å². The molecular weight excluding hydrogens is 226 g/mol. The van der Waals surface area contributed by atoms with Crippen LogP contribution >= 0.6 is 0 Å². The molecule has 0 aliphatic heterocycles. The lowest BCUT2D eigenvalue weighted by Crippen LogP contribution is -2.15. The number of nitrogens with one attached hydrogen (secondary N) is 1. The second kappa shape index (κ2) is 5.31. The van der Waals surface area contributed by atoms with Crippen LogP contribution in [0.4, 0.5) is 11.5 Å². The summed E-state index contributed by atoms with van der Waals surface area (Å²) in [5, 5.41) is 2.72. The van der Waals surface area contributed by atoms with Gasteiger partial charge in [0, 0.05) is 18.0 Å². The minimum atomic E-state index is -0.100. The maximum absolute atomic E-state index is 11.8. The van der Waals surface area contributed by atoms with Crippen molar-refractivity contribution in [2.45, 2.75) is 13.3 Å². The molecule has 2 rings (SSSR count). The Morgan fingerprint density at radius 3 is 2.67 bits per heavy atom. The number of hydrogen-bond donors (Lipinski definition) is 2. The summed E-state index contributed by atoms with van der Waals surface area (Å²) in [7, 11) is 0. The lowest BCUT2D eigenvalue weighted by Gasteiger charge is -2.05. The monoisotopic (exact) mass is 241 g/mol. The number of carbonyl (C=O) groups excluding carboxylic acids is 1. The first kappa shape index (κ1) is 12.1. The van der Waals surface area contributed by atoms with Crippen molar-refractivity contribution in [3.63, 3.8) is 0 Å². The van der Waals surface area contributed by atoms with E-state index in [2.05, 4.69) is 10.3 Å². The summed E-state index contributed by atoms with van der Waals surface area (Å²) in [5.74, 6) is 0.379. The number of aryl methyl sites for hydroxylation is 1. The van der Waals surface area contributed by atoms with Crippen molar-refractivity contribution in [3.8, 4) is 0 Å². The van der Waals surface area contributed by atoms with Crippen LogP contribution < -0.4 is 11.1 Å². The highest BCUT2D eigenvalue weighted by Crippen LogP contribution is 2.09. The van der Waals surface area contributed by atoms with E-state index in [1.54, 1.807) is 18.3 Å². The number of aromatic nitrogens is 1. The van der Waals surface area contributed by atoms with Gasteiger partial charge in [-0.1, -0.05) is 29.8 Å². The lowest BCUT2D eigenvalue weighted by molar-refractivity contribution is -0.115. The maximum atomic E-state index is 11.8. The minimum absolute atomic E-state index is 0.100. The SMILES string of the molecule is Cc1ccc(CC(=O)Nc2cc(N)ccn2)cc1. The molecule has 0 unspecified atom stereocenters. The predicted molar refractivity (Wildman–Crippen MR) is 72.2 cm³/mol. The molecule has 0 bridgehead atoms. The first-order chi connectivity index (χ1) is 8.63. The fourth-order valence-electron chi connectivity index (χ4n) is 1.59. The fourth-order valence-corrected chi connectivity index (χ4v) is 1.59. The molecule has 1 heterocycles. The third kappa shape index (κ3) is 3.31. The van der Waals surface area contributed by atoms with Crippen molar-refractivity contribution >= 4 is 17.4 Å². The number of amides is 1. The van der Waals surface area contributed by atoms with E-state index in [0.717, 1.165) is 5.56 Å². The molecule has 0 aliphatic rings. The molecule has 0 aliphatic carbocycles. The topological polar surface area (TPSA) is 68.0 Å². The number of hydrogen-bond acceptors (Lipinski definition) is 3. The summed E-state index contributed by atoms with van der Waals surface area (Å²) in [4.78, 5) is 15.8. The highest BCUT2D eigenvalue weighted by molar-refractivity contribution is 5.91. The van der Waals surface area contributed by atoms with Crippen LogP contribution in [0.3, 0.4) is 0 Å². The van der Waals surface area contributed by atoms with Crippen LogP contribution in [0.15, 0.2) is 42.6 Å². The third-order valence-corrected chi connectivity index (χ3v) is 2.54. The van der Waals surface area contributed by atoms with Crippen LogP contribution in [0.1, 0.15) is 11.1 Å². The Balaban J connectivity index is 1.98. The molecule has 2 aromatic rings. The molecule has 92 valence electrons. The highest BCUT2D eigenvalue weighted by atomic mass is 16.1. The van der Waals surface area contributed by atoms with Gasteiger partial charge in [-0.05, 0) is 18.6 Å². The summed E-state index contributed by atoms with van der Waals surface area (Å²) in [6, 6.07) is 11.2. The van der Waals surface area contributed by atoms with Crippen LogP contribution in [-0.2, 0) is 11.2 Å². The molecule has 4 nitrogen and oxygen atoms in total. The van der Waals surface area contributed by atoms with Crippen LogP contribution in [0.25, 0.3) is 0 Å². The van der Waals surface area contributed by atoms with Gasteiger partial charge in [0.15, 0.2) is 0 Å². The number of benzene rings is 1. The minimum Gasteiger partial charge on any atom is -0.399 e. The van der Waals surface area contributed by atoms with Gasteiger partial charge in [-0.15, -0.1) is 0 Å². The Morgan fingerprint density at radius 1 is 1.28 bits per heavy atom. The Hall–Kier alpha value is -2.36. The smallest absolute Gasteiger partial charge is 0.229 e. The molecule has 0 spiro atoms. The zero-order chi connectivity index (χ0) is 13.0. The molecule has 1 aromatic carbocycles. The summed E-state index contributed by atoms with van der Waals surface area (Å²) in [6.45, 7) is 2.01. The molecule has 18 heavy (non-hydrogen) atoms. The molecule has 1 aromatic heterocycles. The second-order valence-electron chi connectivity index (χ2n) is 4.18. The lowest BCUT2D eigenvalue weighted by atomic mass is 10.1. The number of rotatable bonds is 3. The predicted octanol–water partition coefficient (Wildman–Crippen LogP) is 2.15. The third-order valence-electron chi connectivity index (χ3n) is 2.54. The zero-order valence-corrected chi connectivity index (χ0v) is 10.2. The summed E-state index contributed by atoms with van der Waals surface area (Å²) in [5.41, 5.74) is 8.34. The van der Waals surface area contributed by atoms with E-state index in [-0.39, 0.29) is 5.91 Å². The molecule has 0 fully saturated rings. The van der Waals surface area contributed by atoms with E-state index in [1.165, 1.54) is 5.56 Å². The van der Waals surface area contributed by atoms with Gasteiger partial charge in [0.05, 0.1) is 6.42 Å². The van der Waals surface area contributed by atoms with E-state index in [0.29, 0.717) is 17.9 Å². The van der Waals surface area contributed by atoms with Crippen LogP contribution in [0.5, 0.6) is 0 Å². The number of nitrogen functional groups attached to an aromatic ring is 1. The average molecular weight is 241 g/mol. The van der Waals surface area contributed by atoms with Gasteiger partial charge in [0.25, 0.3) is 0 Å². The van der Waals surface area contributed by atoms with Gasteiger partial charge in [-0.3, -0.25) is 4.79 Å². The molecule has 0 radical (unpaired) electrons. The van der Waals surface area contributed by atoms with E-state index in [9.17, 15) is 4.79 Å².